The maximum absolute atomic E-state index is 13.9. The number of Topliss-reactive ketones (excluding diaryl/α,β-unsaturated/α-hetero) is 1. The average Bonchev–Trinajstić information content (AvgIpc) is 3.36. The Bertz CT molecular complexity index is 1140. The average molecular weight is 1020 g/mol. The predicted molar refractivity (Wildman–Crippen MR) is 312 cm³/mol. The van der Waals surface area contributed by atoms with Crippen molar-refractivity contribution >= 4 is 17.7 Å². The van der Waals surface area contributed by atoms with Crippen molar-refractivity contribution in [2.45, 2.75) is 406 Å². The molecule has 0 aromatic rings. The van der Waals surface area contributed by atoms with Crippen molar-refractivity contribution in [2.24, 2.45) is 0 Å². The SMILES string of the molecule is CCCCCCCCCCCCCCCCCC(CCCCCCCCCCCC)OC(=O)CC(O)(C(C)=O)C(=O)OC(CCCCCCCCCCCC)CCCCCCCCCCCCCCCCC. The van der Waals surface area contributed by atoms with Gasteiger partial charge in [-0.3, -0.25) is 9.59 Å². The third-order valence-corrected chi connectivity index (χ3v) is 15.9. The van der Waals surface area contributed by atoms with Crippen LogP contribution in [0.2, 0.25) is 0 Å². The van der Waals surface area contributed by atoms with E-state index in [9.17, 15) is 19.5 Å². The van der Waals surface area contributed by atoms with Crippen LogP contribution in [0.4, 0.5) is 0 Å². The van der Waals surface area contributed by atoms with E-state index in [1.807, 2.05) is 0 Å². The summed E-state index contributed by atoms with van der Waals surface area (Å²) in [5.41, 5.74) is -2.53. The molecule has 1 N–H and O–H groups in total. The topological polar surface area (TPSA) is 89.9 Å². The van der Waals surface area contributed by atoms with Crippen molar-refractivity contribution in [2.75, 3.05) is 0 Å². The molecule has 3 atom stereocenters. The number of carbonyl (C=O) groups excluding carboxylic acids is 3. The lowest BCUT2D eigenvalue weighted by atomic mass is 9.94. The molecule has 0 aliphatic heterocycles. The van der Waals surface area contributed by atoms with E-state index >= 15 is 0 Å². The number of hydrogen-bond acceptors (Lipinski definition) is 6. The number of esters is 2. The van der Waals surface area contributed by atoms with Gasteiger partial charge in [0.25, 0.3) is 0 Å². The number of carbonyl (C=O) groups is 3. The number of unbranched alkanes of at least 4 members (excludes halogenated alkanes) is 46. The molecule has 0 amide bonds. The first-order valence-electron chi connectivity index (χ1n) is 32.9. The van der Waals surface area contributed by atoms with E-state index in [1.54, 1.807) is 0 Å². The lowest BCUT2D eigenvalue weighted by molar-refractivity contribution is -0.181. The molecule has 6 heteroatoms. The number of hydrogen-bond donors (Lipinski definition) is 1. The highest BCUT2D eigenvalue weighted by atomic mass is 16.6. The van der Waals surface area contributed by atoms with Gasteiger partial charge in [0.1, 0.15) is 12.2 Å². The molecule has 0 fully saturated rings. The molecule has 0 spiro atoms. The highest BCUT2D eigenvalue weighted by Crippen LogP contribution is 2.25. The van der Waals surface area contributed by atoms with Gasteiger partial charge in [-0.2, -0.15) is 0 Å². The van der Waals surface area contributed by atoms with Crippen molar-refractivity contribution in [3.05, 3.63) is 0 Å². The van der Waals surface area contributed by atoms with Crippen LogP contribution < -0.4 is 0 Å². The maximum Gasteiger partial charge on any atom is 0.346 e. The quantitative estimate of drug-likeness (QED) is 0.0371. The van der Waals surface area contributed by atoms with E-state index in [2.05, 4.69) is 27.7 Å². The summed E-state index contributed by atoms with van der Waals surface area (Å²) in [6, 6.07) is 0. The molecule has 0 aromatic carbocycles. The normalized spacial score (nSPS) is 13.3. The molecular weight excluding hydrogens is 889 g/mol. The highest BCUT2D eigenvalue weighted by Gasteiger charge is 2.46. The van der Waals surface area contributed by atoms with Crippen molar-refractivity contribution in [3.63, 3.8) is 0 Å². The van der Waals surface area contributed by atoms with Gasteiger partial charge in [-0.25, -0.2) is 4.79 Å². The second kappa shape index (κ2) is 55.8. The van der Waals surface area contributed by atoms with E-state index in [1.165, 1.54) is 277 Å². The van der Waals surface area contributed by atoms with E-state index in [0.29, 0.717) is 0 Å². The smallest absolute Gasteiger partial charge is 0.346 e. The molecule has 0 rings (SSSR count). The summed E-state index contributed by atoms with van der Waals surface area (Å²) in [6.45, 7) is 10.3. The second-order valence-corrected chi connectivity index (χ2v) is 23.2. The Balaban J connectivity index is 5.23. The van der Waals surface area contributed by atoms with Gasteiger partial charge in [-0.15, -0.1) is 0 Å². The van der Waals surface area contributed by atoms with Crippen LogP contribution in [0.5, 0.6) is 0 Å². The monoisotopic (exact) mass is 1020 g/mol. The third-order valence-electron chi connectivity index (χ3n) is 15.9. The van der Waals surface area contributed by atoms with Crippen LogP contribution in [0.15, 0.2) is 0 Å². The molecule has 0 aromatic heterocycles. The van der Waals surface area contributed by atoms with E-state index in [4.69, 9.17) is 9.47 Å². The molecule has 0 saturated carbocycles. The van der Waals surface area contributed by atoms with Crippen molar-refractivity contribution in [1.29, 1.82) is 0 Å². The van der Waals surface area contributed by atoms with Gasteiger partial charge in [0, 0.05) is 0 Å². The fourth-order valence-corrected chi connectivity index (χ4v) is 10.8. The van der Waals surface area contributed by atoms with E-state index in [-0.39, 0.29) is 12.2 Å². The van der Waals surface area contributed by atoms with Crippen LogP contribution >= 0.6 is 0 Å². The van der Waals surface area contributed by atoms with Crippen molar-refractivity contribution in [1.82, 2.24) is 0 Å². The molecule has 6 nitrogen and oxygen atoms in total. The summed E-state index contributed by atoms with van der Waals surface area (Å²) in [7, 11) is 0. The first-order valence-corrected chi connectivity index (χ1v) is 32.9. The predicted octanol–water partition coefficient (Wildman–Crippen LogP) is 21.7. The summed E-state index contributed by atoms with van der Waals surface area (Å²) in [6.07, 6.45) is 65.5. The molecule has 0 saturated heterocycles. The van der Waals surface area contributed by atoms with Gasteiger partial charge in [-0.1, -0.05) is 323 Å². The Morgan fingerprint density at radius 2 is 0.486 bits per heavy atom. The molecule has 3 unspecified atom stereocenters. The standard InChI is InChI=1S/C66H128O6/c1-6-10-14-18-22-26-30-32-34-36-38-42-45-49-53-57-62(56-52-48-44-40-28-24-20-16-12-8-3)71-64(68)60-66(70,61(5)67)65(69)72-63(58-54-50-46-41-29-25-21-17-13-9-4)59-55-51-47-43-39-37-35-33-31-27-23-19-15-11-7-2/h62-63,70H,6-60H2,1-5H3. The van der Waals surface area contributed by atoms with E-state index < -0.39 is 29.7 Å². The lowest BCUT2D eigenvalue weighted by Gasteiger charge is -2.27. The Morgan fingerprint density at radius 1 is 0.306 bits per heavy atom. The van der Waals surface area contributed by atoms with Crippen molar-refractivity contribution in [3.8, 4) is 0 Å². The summed E-state index contributed by atoms with van der Waals surface area (Å²) in [5, 5.41) is 11.7. The summed E-state index contributed by atoms with van der Waals surface area (Å²) in [5.74, 6) is -2.39. The Labute approximate surface area is 450 Å². The van der Waals surface area contributed by atoms with Gasteiger partial charge >= 0.3 is 11.9 Å². The molecular formula is C66H128O6. The third kappa shape index (κ3) is 47.1. The molecule has 0 heterocycles. The van der Waals surface area contributed by atoms with Crippen LogP contribution in [0, 0.1) is 0 Å². The molecule has 0 aliphatic rings. The largest absolute Gasteiger partial charge is 0.462 e. The summed E-state index contributed by atoms with van der Waals surface area (Å²) < 4.78 is 12.2. The van der Waals surface area contributed by atoms with Crippen LogP contribution in [0.1, 0.15) is 388 Å². The minimum absolute atomic E-state index is 0.269. The number of aliphatic hydroxyl groups is 1. The first-order chi connectivity index (χ1) is 35.2. The van der Waals surface area contributed by atoms with Gasteiger partial charge < -0.3 is 14.6 Å². The Hall–Kier alpha value is -1.43. The van der Waals surface area contributed by atoms with Crippen LogP contribution in [0.25, 0.3) is 0 Å². The van der Waals surface area contributed by atoms with Crippen LogP contribution in [0.3, 0.4) is 0 Å². The zero-order valence-corrected chi connectivity index (χ0v) is 49.5. The zero-order valence-electron chi connectivity index (χ0n) is 49.5. The lowest BCUT2D eigenvalue weighted by Crippen LogP contribution is -2.49. The van der Waals surface area contributed by atoms with Gasteiger partial charge in [0.2, 0.25) is 5.60 Å². The minimum atomic E-state index is -2.53. The number of ether oxygens (including phenoxy) is 2. The fraction of sp³-hybridized carbons (Fsp3) is 0.955. The van der Waals surface area contributed by atoms with Gasteiger partial charge in [-0.05, 0) is 58.3 Å². The Kier molecular flexibility index (Phi) is 54.7. The van der Waals surface area contributed by atoms with Gasteiger partial charge in [0.15, 0.2) is 5.78 Å². The minimum Gasteiger partial charge on any atom is -0.462 e. The molecule has 72 heavy (non-hydrogen) atoms. The molecule has 428 valence electrons. The zero-order chi connectivity index (χ0) is 52.7. The molecule has 0 aliphatic carbocycles. The van der Waals surface area contributed by atoms with Crippen molar-refractivity contribution < 1.29 is 29.0 Å². The summed E-state index contributed by atoms with van der Waals surface area (Å²) in [4.78, 5) is 40.6. The summed E-state index contributed by atoms with van der Waals surface area (Å²) >= 11 is 0. The first kappa shape index (κ1) is 70.6. The number of rotatable bonds is 60. The maximum atomic E-state index is 13.9. The fourth-order valence-electron chi connectivity index (χ4n) is 10.8. The molecule has 0 radical (unpaired) electrons. The molecule has 0 bridgehead atoms. The van der Waals surface area contributed by atoms with Gasteiger partial charge in [0.05, 0.1) is 6.42 Å². The second-order valence-electron chi connectivity index (χ2n) is 23.2. The van der Waals surface area contributed by atoms with Crippen LogP contribution in [-0.4, -0.2) is 40.6 Å². The van der Waals surface area contributed by atoms with Crippen LogP contribution in [-0.2, 0) is 23.9 Å². The van der Waals surface area contributed by atoms with E-state index in [0.717, 1.165) is 77.0 Å². The highest BCUT2D eigenvalue weighted by molar-refractivity contribution is 6.08. The number of ketones is 1. The Morgan fingerprint density at radius 3 is 0.681 bits per heavy atom.